The van der Waals surface area contributed by atoms with Gasteiger partial charge in [0.15, 0.2) is 0 Å². The molecule has 4 nitrogen and oxygen atoms in total. The van der Waals surface area contributed by atoms with Gasteiger partial charge in [-0.2, -0.15) is 11.8 Å². The van der Waals surface area contributed by atoms with Gasteiger partial charge < -0.3 is 15.4 Å². The van der Waals surface area contributed by atoms with Crippen molar-refractivity contribution in [3.63, 3.8) is 0 Å². The van der Waals surface area contributed by atoms with Gasteiger partial charge in [-0.05, 0) is 18.6 Å². The van der Waals surface area contributed by atoms with Crippen LogP contribution in [-0.4, -0.2) is 36.6 Å². The second kappa shape index (κ2) is 8.17. The summed E-state index contributed by atoms with van der Waals surface area (Å²) in [6.45, 7) is 3.75. The minimum Gasteiger partial charge on any atom is -0.494 e. The lowest BCUT2D eigenvalue weighted by Gasteiger charge is -2.22. The average molecular weight is 294 g/mol. The number of amides is 1. The molecule has 1 aliphatic rings. The van der Waals surface area contributed by atoms with Crippen LogP contribution in [-0.2, 0) is 4.79 Å². The number of thioether (sulfide) groups is 1. The van der Waals surface area contributed by atoms with E-state index in [1.807, 2.05) is 36.0 Å². The van der Waals surface area contributed by atoms with Crippen molar-refractivity contribution in [2.75, 3.05) is 30.0 Å². The van der Waals surface area contributed by atoms with E-state index in [0.29, 0.717) is 13.0 Å². The second-order valence-electron chi connectivity index (χ2n) is 4.85. The molecular formula is C15H22N2O2S. The molecule has 2 rings (SSSR count). The SMILES string of the molecule is CCCOc1cccc(NC(=O)CC2CSCCN2)c1. The van der Waals surface area contributed by atoms with Crippen LogP contribution < -0.4 is 15.4 Å². The van der Waals surface area contributed by atoms with Gasteiger partial charge in [-0.25, -0.2) is 0 Å². The molecule has 0 bridgehead atoms. The summed E-state index contributed by atoms with van der Waals surface area (Å²) in [5, 5.41) is 6.31. The number of nitrogens with one attached hydrogen (secondary N) is 2. The van der Waals surface area contributed by atoms with E-state index in [-0.39, 0.29) is 11.9 Å². The minimum absolute atomic E-state index is 0.0534. The number of ether oxygens (including phenoxy) is 1. The monoisotopic (exact) mass is 294 g/mol. The maximum atomic E-state index is 12.0. The Morgan fingerprint density at radius 3 is 3.20 bits per heavy atom. The molecule has 1 aromatic carbocycles. The van der Waals surface area contributed by atoms with Gasteiger partial charge in [-0.1, -0.05) is 13.0 Å². The number of hydrogen-bond acceptors (Lipinski definition) is 4. The highest BCUT2D eigenvalue weighted by Gasteiger charge is 2.16. The molecule has 0 aliphatic carbocycles. The van der Waals surface area contributed by atoms with Crippen LogP contribution in [0.15, 0.2) is 24.3 Å². The van der Waals surface area contributed by atoms with Crippen LogP contribution in [0.5, 0.6) is 5.75 Å². The molecule has 0 aromatic heterocycles. The third kappa shape index (κ3) is 5.06. The molecule has 20 heavy (non-hydrogen) atoms. The van der Waals surface area contributed by atoms with E-state index in [1.54, 1.807) is 0 Å². The lowest BCUT2D eigenvalue weighted by molar-refractivity contribution is -0.116. The second-order valence-corrected chi connectivity index (χ2v) is 6.00. The normalized spacial score (nSPS) is 18.6. The van der Waals surface area contributed by atoms with Crippen LogP contribution in [0.25, 0.3) is 0 Å². The van der Waals surface area contributed by atoms with Crippen molar-refractivity contribution in [1.29, 1.82) is 0 Å². The number of benzene rings is 1. The van der Waals surface area contributed by atoms with E-state index in [1.165, 1.54) is 0 Å². The third-order valence-electron chi connectivity index (χ3n) is 3.02. The van der Waals surface area contributed by atoms with E-state index in [9.17, 15) is 4.79 Å². The topological polar surface area (TPSA) is 50.4 Å². The van der Waals surface area contributed by atoms with Gasteiger partial charge in [0.05, 0.1) is 6.61 Å². The Morgan fingerprint density at radius 1 is 1.55 bits per heavy atom. The number of carbonyl (C=O) groups excluding carboxylic acids is 1. The van der Waals surface area contributed by atoms with Crippen LogP contribution in [0.3, 0.4) is 0 Å². The Morgan fingerprint density at radius 2 is 2.45 bits per heavy atom. The molecule has 0 radical (unpaired) electrons. The Balaban J connectivity index is 1.83. The first-order valence-corrected chi connectivity index (χ1v) is 8.27. The Labute approximate surface area is 124 Å². The number of carbonyl (C=O) groups is 1. The van der Waals surface area contributed by atoms with Crippen LogP contribution in [0.2, 0.25) is 0 Å². The third-order valence-corrected chi connectivity index (χ3v) is 4.15. The zero-order valence-corrected chi connectivity index (χ0v) is 12.7. The fourth-order valence-corrected chi connectivity index (χ4v) is 3.02. The van der Waals surface area contributed by atoms with E-state index in [4.69, 9.17) is 4.74 Å². The van der Waals surface area contributed by atoms with Gasteiger partial charge in [0.1, 0.15) is 5.75 Å². The summed E-state index contributed by atoms with van der Waals surface area (Å²) in [7, 11) is 0. The van der Waals surface area contributed by atoms with Crippen molar-refractivity contribution in [3.8, 4) is 5.75 Å². The summed E-state index contributed by atoms with van der Waals surface area (Å²) in [5.74, 6) is 3.00. The molecule has 1 unspecified atom stereocenters. The van der Waals surface area contributed by atoms with Crippen LogP contribution in [0, 0.1) is 0 Å². The van der Waals surface area contributed by atoms with E-state index >= 15 is 0 Å². The summed E-state index contributed by atoms with van der Waals surface area (Å²) < 4.78 is 5.56. The molecule has 5 heteroatoms. The van der Waals surface area contributed by atoms with Gasteiger partial charge in [0.25, 0.3) is 0 Å². The maximum absolute atomic E-state index is 12.0. The fourth-order valence-electron chi connectivity index (χ4n) is 2.07. The Bertz CT molecular complexity index is 434. The average Bonchev–Trinajstić information content (AvgIpc) is 2.46. The zero-order chi connectivity index (χ0) is 14.2. The van der Waals surface area contributed by atoms with Crippen LogP contribution in [0.4, 0.5) is 5.69 Å². The van der Waals surface area contributed by atoms with Gasteiger partial charge in [0, 0.05) is 42.3 Å². The van der Waals surface area contributed by atoms with Crippen molar-refractivity contribution in [2.24, 2.45) is 0 Å². The zero-order valence-electron chi connectivity index (χ0n) is 11.9. The first-order chi connectivity index (χ1) is 9.78. The van der Waals surface area contributed by atoms with E-state index in [0.717, 1.165) is 35.9 Å². The first-order valence-electron chi connectivity index (χ1n) is 7.12. The highest BCUT2D eigenvalue weighted by atomic mass is 32.2. The van der Waals surface area contributed by atoms with Crippen LogP contribution in [0.1, 0.15) is 19.8 Å². The number of rotatable bonds is 6. The molecule has 1 amide bonds. The smallest absolute Gasteiger partial charge is 0.225 e. The summed E-state index contributed by atoms with van der Waals surface area (Å²) in [6.07, 6.45) is 1.49. The quantitative estimate of drug-likeness (QED) is 0.846. The molecular weight excluding hydrogens is 272 g/mol. The lowest BCUT2D eigenvalue weighted by atomic mass is 10.2. The summed E-state index contributed by atoms with van der Waals surface area (Å²) in [6, 6.07) is 7.85. The number of anilines is 1. The van der Waals surface area contributed by atoms with Gasteiger partial charge in [-0.15, -0.1) is 0 Å². The Hall–Kier alpha value is -1.20. The van der Waals surface area contributed by atoms with Crippen LogP contribution >= 0.6 is 11.8 Å². The van der Waals surface area contributed by atoms with Crippen molar-refractivity contribution in [1.82, 2.24) is 5.32 Å². The largest absolute Gasteiger partial charge is 0.494 e. The molecule has 0 spiro atoms. The molecule has 1 fully saturated rings. The molecule has 2 N–H and O–H groups in total. The Kier molecular flexibility index (Phi) is 6.21. The molecule has 1 aromatic rings. The highest BCUT2D eigenvalue weighted by Crippen LogP contribution is 2.18. The summed E-state index contributed by atoms with van der Waals surface area (Å²) in [5.41, 5.74) is 0.798. The summed E-state index contributed by atoms with van der Waals surface area (Å²) >= 11 is 1.90. The maximum Gasteiger partial charge on any atom is 0.225 e. The van der Waals surface area contributed by atoms with Crippen molar-refractivity contribution < 1.29 is 9.53 Å². The highest BCUT2D eigenvalue weighted by molar-refractivity contribution is 7.99. The first kappa shape index (κ1) is 15.2. The predicted octanol–water partition coefficient (Wildman–Crippen LogP) is 2.51. The van der Waals surface area contributed by atoms with Gasteiger partial charge >= 0.3 is 0 Å². The van der Waals surface area contributed by atoms with E-state index < -0.39 is 0 Å². The summed E-state index contributed by atoms with van der Waals surface area (Å²) in [4.78, 5) is 12.0. The van der Waals surface area contributed by atoms with Crippen molar-refractivity contribution >= 4 is 23.4 Å². The number of hydrogen-bond donors (Lipinski definition) is 2. The van der Waals surface area contributed by atoms with Gasteiger partial charge in [-0.3, -0.25) is 4.79 Å². The van der Waals surface area contributed by atoms with Gasteiger partial charge in [0.2, 0.25) is 5.91 Å². The van der Waals surface area contributed by atoms with Crippen molar-refractivity contribution in [2.45, 2.75) is 25.8 Å². The van der Waals surface area contributed by atoms with E-state index in [2.05, 4.69) is 17.6 Å². The molecule has 1 aliphatic heterocycles. The molecule has 110 valence electrons. The molecule has 1 atom stereocenters. The fraction of sp³-hybridized carbons (Fsp3) is 0.533. The molecule has 1 saturated heterocycles. The standard InChI is InChI=1S/C15H22N2O2S/c1-2-7-19-14-5-3-4-12(9-14)17-15(18)10-13-11-20-8-6-16-13/h3-5,9,13,16H,2,6-8,10-11H2,1H3,(H,17,18). The lowest BCUT2D eigenvalue weighted by Crippen LogP contribution is -2.39. The minimum atomic E-state index is 0.0534. The molecule has 1 heterocycles. The van der Waals surface area contributed by atoms with Crippen molar-refractivity contribution in [3.05, 3.63) is 24.3 Å². The predicted molar refractivity (Wildman–Crippen MR) is 84.6 cm³/mol. The molecule has 0 saturated carbocycles.